The summed E-state index contributed by atoms with van der Waals surface area (Å²) in [4.78, 5) is 0. The van der Waals surface area contributed by atoms with E-state index in [1.807, 2.05) is 0 Å². The van der Waals surface area contributed by atoms with Crippen molar-refractivity contribution in [1.29, 1.82) is 0 Å². The summed E-state index contributed by atoms with van der Waals surface area (Å²) in [7, 11) is 7.86. The normalized spacial score (nSPS) is 4.00. The molecule has 0 amide bonds. The molecule has 0 saturated carbocycles. The van der Waals surface area contributed by atoms with E-state index >= 15 is 0 Å². The van der Waals surface area contributed by atoms with Crippen LogP contribution in [-0.2, 0) is 4.12 Å². The second-order valence-electron chi connectivity index (χ2n) is 0.408. The van der Waals surface area contributed by atoms with E-state index in [0.29, 0.717) is 0 Å². The van der Waals surface area contributed by atoms with Crippen LogP contribution in [0.15, 0.2) is 0 Å². The van der Waals surface area contributed by atoms with Crippen molar-refractivity contribution in [3.05, 3.63) is 0 Å². The predicted octanol–water partition coefficient (Wildman–Crippen LogP) is -4.79. The summed E-state index contributed by atoms with van der Waals surface area (Å²) in [5.41, 5.74) is 0. The van der Waals surface area contributed by atoms with Crippen molar-refractivity contribution in [2.45, 2.75) is 0 Å². The summed E-state index contributed by atoms with van der Waals surface area (Å²) < 4.78 is 4.53. The molecular formula is C6H30O7Si2. The first-order chi connectivity index (χ1) is 7.41. The number of aliphatic hydroxyl groups excluding tert-OH is 6. The molecule has 0 radical (unpaired) electrons. The Morgan fingerprint density at radius 3 is 0.467 bits per heavy atom. The lowest BCUT2D eigenvalue weighted by Gasteiger charge is -1.62. The van der Waals surface area contributed by atoms with Gasteiger partial charge >= 0.3 is 0 Å². The molecule has 104 valence electrons. The molecule has 0 heterocycles. The summed E-state index contributed by atoms with van der Waals surface area (Å²) in [6.45, 7) is 0. The lowest BCUT2D eigenvalue weighted by molar-refractivity contribution is 0.399. The fraction of sp³-hybridized carbons (Fsp3) is 1.00. The maximum absolute atomic E-state index is 7.00. The molecule has 0 aromatic carbocycles. The van der Waals surface area contributed by atoms with E-state index in [2.05, 4.69) is 4.12 Å². The second kappa shape index (κ2) is 1840. The minimum atomic E-state index is 0.931. The molecule has 0 bridgehead atoms. The first kappa shape index (κ1) is 45.7. The van der Waals surface area contributed by atoms with E-state index < -0.39 is 0 Å². The average molecular weight is 270 g/mol. The SMILES string of the molecule is CO.CO.CO.CO.CO.CO.[SiH3]O[SiH3]. The van der Waals surface area contributed by atoms with E-state index in [1.54, 1.807) is 0 Å². The van der Waals surface area contributed by atoms with Crippen molar-refractivity contribution >= 4 is 21.0 Å². The van der Waals surface area contributed by atoms with Crippen LogP contribution in [-0.4, -0.2) is 94.3 Å². The highest BCUT2D eigenvalue weighted by molar-refractivity contribution is 6.15. The molecule has 0 aromatic heterocycles. The van der Waals surface area contributed by atoms with Crippen molar-refractivity contribution in [3.63, 3.8) is 0 Å². The minimum Gasteiger partial charge on any atom is -0.471 e. The fourth-order valence-corrected chi connectivity index (χ4v) is 0. The molecule has 0 atom stereocenters. The van der Waals surface area contributed by atoms with E-state index in [9.17, 15) is 0 Å². The van der Waals surface area contributed by atoms with Gasteiger partial charge in [-0.3, -0.25) is 0 Å². The molecule has 7 nitrogen and oxygen atoms in total. The third kappa shape index (κ3) is 88400. The van der Waals surface area contributed by atoms with Gasteiger partial charge in [-0.15, -0.1) is 0 Å². The van der Waals surface area contributed by atoms with Crippen LogP contribution >= 0.6 is 0 Å². The Balaban J connectivity index is -0.0000000101. The topological polar surface area (TPSA) is 131 Å². The molecule has 0 rings (SSSR count). The van der Waals surface area contributed by atoms with Gasteiger partial charge in [0, 0.05) is 42.7 Å². The lowest BCUT2D eigenvalue weighted by Crippen LogP contribution is -1.65. The van der Waals surface area contributed by atoms with Gasteiger partial charge in [-0.25, -0.2) is 0 Å². The molecule has 9 heteroatoms. The third-order valence-electron chi connectivity index (χ3n) is 0. The first-order valence-corrected chi connectivity index (χ1v) is 5.13. The lowest BCUT2D eigenvalue weighted by atomic mass is 11.8. The van der Waals surface area contributed by atoms with E-state index in [0.717, 1.165) is 63.6 Å². The summed E-state index contributed by atoms with van der Waals surface area (Å²) in [5, 5.41) is 42.0. The maximum atomic E-state index is 7.00. The summed E-state index contributed by atoms with van der Waals surface area (Å²) in [6.07, 6.45) is 0. The van der Waals surface area contributed by atoms with Crippen LogP contribution in [0.4, 0.5) is 0 Å². The van der Waals surface area contributed by atoms with E-state index in [4.69, 9.17) is 30.6 Å². The van der Waals surface area contributed by atoms with Gasteiger partial charge in [-0.2, -0.15) is 0 Å². The number of hydrogen-bond donors (Lipinski definition) is 6. The standard InChI is InChI=1S/6CH4O.H6OSi2/c6*1-2;2-1-3/h6*2H,1H3;2-3H3. The van der Waals surface area contributed by atoms with Gasteiger partial charge in [0.2, 0.25) is 0 Å². The van der Waals surface area contributed by atoms with E-state index in [-0.39, 0.29) is 0 Å². The van der Waals surface area contributed by atoms with Crippen molar-refractivity contribution in [3.8, 4) is 0 Å². The molecule has 15 heavy (non-hydrogen) atoms. The van der Waals surface area contributed by atoms with Gasteiger partial charge in [0.1, 0.15) is 21.0 Å². The summed E-state index contributed by atoms with van der Waals surface area (Å²) in [5.74, 6) is 0. The molecule has 0 aliphatic carbocycles. The smallest absolute Gasteiger partial charge is 0.129 e. The molecule has 0 aliphatic rings. The molecule has 6 N–H and O–H groups in total. The highest BCUT2D eigenvalue weighted by Gasteiger charge is 1.28. The summed E-state index contributed by atoms with van der Waals surface area (Å²) in [6, 6.07) is 0. The third-order valence-corrected chi connectivity index (χ3v) is 0. The van der Waals surface area contributed by atoms with Crippen LogP contribution in [0.3, 0.4) is 0 Å². The minimum absolute atomic E-state index is 0.931. The van der Waals surface area contributed by atoms with Gasteiger partial charge in [0.15, 0.2) is 0 Å². The van der Waals surface area contributed by atoms with E-state index in [1.165, 1.54) is 0 Å². The van der Waals surface area contributed by atoms with Crippen LogP contribution in [0.1, 0.15) is 0 Å². The Hall–Kier alpha value is 0.154. The van der Waals surface area contributed by atoms with Gasteiger partial charge < -0.3 is 34.8 Å². The van der Waals surface area contributed by atoms with Gasteiger partial charge in [0.05, 0.1) is 0 Å². The van der Waals surface area contributed by atoms with Crippen molar-refractivity contribution in [1.82, 2.24) is 0 Å². The predicted molar refractivity (Wildman–Crippen MR) is 69.8 cm³/mol. The number of rotatable bonds is 0. The second-order valence-corrected chi connectivity index (χ2v) is 3.67. The molecule has 0 saturated heterocycles. The van der Waals surface area contributed by atoms with Crippen molar-refractivity contribution < 1.29 is 34.8 Å². The number of aliphatic hydroxyl groups is 6. The molecular weight excluding hydrogens is 240 g/mol. The van der Waals surface area contributed by atoms with Gasteiger partial charge in [0.25, 0.3) is 0 Å². The zero-order chi connectivity index (χ0) is 14.7. The Morgan fingerprint density at radius 1 is 0.467 bits per heavy atom. The molecule has 0 aromatic rings. The molecule has 0 spiro atoms. The van der Waals surface area contributed by atoms with Crippen LogP contribution in [0.2, 0.25) is 0 Å². The zero-order valence-electron chi connectivity index (χ0n) is 11.1. The fourth-order valence-electron chi connectivity index (χ4n) is 0. The molecule has 0 fully saturated rings. The average Bonchev–Trinajstić information content (AvgIpc) is 2.44. The monoisotopic (exact) mass is 270 g/mol. The maximum Gasteiger partial charge on any atom is 0.129 e. The molecule has 0 aliphatic heterocycles. The van der Waals surface area contributed by atoms with Crippen LogP contribution < -0.4 is 0 Å². The van der Waals surface area contributed by atoms with Crippen molar-refractivity contribution in [2.75, 3.05) is 42.7 Å². The Bertz CT molecular complexity index is 21.4. The highest BCUT2D eigenvalue weighted by Crippen LogP contribution is 1.20. The van der Waals surface area contributed by atoms with Crippen LogP contribution in [0.25, 0.3) is 0 Å². The first-order valence-electron chi connectivity index (χ1n) is 3.50. The Morgan fingerprint density at radius 2 is 0.467 bits per heavy atom. The Kier molecular flexibility index (Phi) is 5600. The van der Waals surface area contributed by atoms with Crippen molar-refractivity contribution in [2.24, 2.45) is 0 Å². The quantitative estimate of drug-likeness (QED) is 0.244. The number of hydrogen-bond acceptors (Lipinski definition) is 7. The van der Waals surface area contributed by atoms with Crippen LogP contribution in [0, 0.1) is 0 Å². The Labute approximate surface area is 99.1 Å². The zero-order valence-corrected chi connectivity index (χ0v) is 15.1. The van der Waals surface area contributed by atoms with Crippen LogP contribution in [0.5, 0.6) is 0 Å². The van der Waals surface area contributed by atoms with Gasteiger partial charge in [-0.1, -0.05) is 0 Å². The summed E-state index contributed by atoms with van der Waals surface area (Å²) >= 11 is 0. The molecule has 0 unspecified atom stereocenters. The van der Waals surface area contributed by atoms with Gasteiger partial charge in [-0.05, 0) is 0 Å². The highest BCUT2D eigenvalue weighted by atomic mass is 28.3. The largest absolute Gasteiger partial charge is 0.471 e.